The van der Waals surface area contributed by atoms with Crippen molar-refractivity contribution in [3.05, 3.63) is 29.8 Å². The predicted octanol–water partition coefficient (Wildman–Crippen LogP) is 1.91. The van der Waals surface area contributed by atoms with Crippen molar-refractivity contribution in [2.45, 2.75) is 26.3 Å². The van der Waals surface area contributed by atoms with E-state index in [4.69, 9.17) is 10.5 Å². The Balaban J connectivity index is 2.36. The van der Waals surface area contributed by atoms with Gasteiger partial charge >= 0.3 is 0 Å². The minimum atomic E-state index is -2.89. The van der Waals surface area contributed by atoms with Crippen molar-refractivity contribution in [1.29, 1.82) is 0 Å². The van der Waals surface area contributed by atoms with Crippen LogP contribution in [0.4, 0.5) is 0 Å². The van der Waals surface area contributed by atoms with E-state index in [1.165, 1.54) is 0 Å². The van der Waals surface area contributed by atoms with E-state index >= 15 is 0 Å². The van der Waals surface area contributed by atoms with Crippen LogP contribution in [0.1, 0.15) is 31.9 Å². The van der Waals surface area contributed by atoms with E-state index in [1.54, 1.807) is 6.92 Å². The maximum absolute atomic E-state index is 11.3. The second kappa shape index (κ2) is 6.75. The highest BCUT2D eigenvalue weighted by molar-refractivity contribution is 7.91. The van der Waals surface area contributed by atoms with Gasteiger partial charge in [-0.15, -0.1) is 0 Å². The molecule has 4 nitrogen and oxygen atoms in total. The van der Waals surface area contributed by atoms with Crippen molar-refractivity contribution in [3.8, 4) is 5.75 Å². The minimum absolute atomic E-state index is 0.00810. The normalized spacial score (nSPS) is 13.3. The van der Waals surface area contributed by atoms with E-state index in [0.29, 0.717) is 13.0 Å². The number of sulfone groups is 1. The molecule has 18 heavy (non-hydrogen) atoms. The second-order valence-corrected chi connectivity index (χ2v) is 6.77. The summed E-state index contributed by atoms with van der Waals surface area (Å²) in [5.41, 5.74) is 6.79. The van der Waals surface area contributed by atoms with E-state index in [-0.39, 0.29) is 17.5 Å². The molecule has 0 spiro atoms. The Hall–Kier alpha value is -1.07. The molecule has 0 unspecified atom stereocenters. The van der Waals surface area contributed by atoms with Crippen molar-refractivity contribution in [1.82, 2.24) is 0 Å². The zero-order valence-corrected chi connectivity index (χ0v) is 11.7. The molecule has 0 heterocycles. The number of rotatable bonds is 7. The minimum Gasteiger partial charge on any atom is -0.494 e. The molecule has 0 bridgehead atoms. The smallest absolute Gasteiger partial charge is 0.150 e. The fourth-order valence-electron chi connectivity index (χ4n) is 1.48. The summed E-state index contributed by atoms with van der Waals surface area (Å²) in [4.78, 5) is 0. The molecule has 0 saturated carbocycles. The molecule has 5 heteroatoms. The monoisotopic (exact) mass is 271 g/mol. The highest BCUT2D eigenvalue weighted by atomic mass is 32.2. The molecule has 0 fully saturated rings. The van der Waals surface area contributed by atoms with Gasteiger partial charge < -0.3 is 10.5 Å². The van der Waals surface area contributed by atoms with Gasteiger partial charge in [-0.1, -0.05) is 19.1 Å². The molecule has 2 N–H and O–H groups in total. The maximum atomic E-state index is 11.3. The van der Waals surface area contributed by atoms with E-state index < -0.39 is 9.84 Å². The van der Waals surface area contributed by atoms with Crippen LogP contribution in [0.2, 0.25) is 0 Å². The standard InChI is InChI=1S/C13H21NO3S/c1-3-18(15,16)10-4-9-17-13-7-5-12(6-8-13)11(2)14/h5-8,11H,3-4,9-10,14H2,1-2H3/t11-/m0/s1. The summed E-state index contributed by atoms with van der Waals surface area (Å²) in [7, 11) is -2.89. The van der Waals surface area contributed by atoms with Gasteiger partial charge in [0.15, 0.2) is 0 Å². The molecule has 1 aromatic carbocycles. The van der Waals surface area contributed by atoms with Gasteiger partial charge in [-0.05, 0) is 31.0 Å². The van der Waals surface area contributed by atoms with E-state index in [9.17, 15) is 8.42 Å². The lowest BCUT2D eigenvalue weighted by Crippen LogP contribution is -2.11. The molecule has 0 amide bonds. The number of hydrogen-bond donors (Lipinski definition) is 1. The summed E-state index contributed by atoms with van der Waals surface area (Å²) in [6, 6.07) is 7.56. The average Bonchev–Trinajstić information content (AvgIpc) is 2.35. The lowest BCUT2D eigenvalue weighted by molar-refractivity contribution is 0.317. The van der Waals surface area contributed by atoms with Crippen LogP contribution in [-0.2, 0) is 9.84 Å². The third-order valence-electron chi connectivity index (χ3n) is 2.71. The largest absolute Gasteiger partial charge is 0.494 e. The van der Waals surface area contributed by atoms with Gasteiger partial charge in [0.1, 0.15) is 15.6 Å². The first-order chi connectivity index (χ1) is 8.44. The molecule has 0 aromatic heterocycles. The van der Waals surface area contributed by atoms with Crippen molar-refractivity contribution >= 4 is 9.84 Å². The first-order valence-electron chi connectivity index (χ1n) is 6.13. The number of benzene rings is 1. The highest BCUT2D eigenvalue weighted by Gasteiger charge is 2.06. The third kappa shape index (κ3) is 5.06. The summed E-state index contributed by atoms with van der Waals surface area (Å²) >= 11 is 0. The Kier molecular flexibility index (Phi) is 5.62. The SMILES string of the molecule is CCS(=O)(=O)CCCOc1ccc([C@H](C)N)cc1. The molecule has 1 aromatic rings. The van der Waals surface area contributed by atoms with Crippen LogP contribution >= 0.6 is 0 Å². The van der Waals surface area contributed by atoms with Gasteiger partial charge in [0, 0.05) is 11.8 Å². The van der Waals surface area contributed by atoms with Crippen LogP contribution in [0.5, 0.6) is 5.75 Å². The van der Waals surface area contributed by atoms with E-state index in [0.717, 1.165) is 11.3 Å². The summed E-state index contributed by atoms with van der Waals surface area (Å²) in [5.74, 6) is 1.12. The fourth-order valence-corrected chi connectivity index (χ4v) is 2.33. The summed E-state index contributed by atoms with van der Waals surface area (Å²) in [6.07, 6.45) is 0.519. The maximum Gasteiger partial charge on any atom is 0.150 e. The molecule has 0 aliphatic heterocycles. The number of ether oxygens (including phenoxy) is 1. The number of nitrogens with two attached hydrogens (primary N) is 1. The lowest BCUT2D eigenvalue weighted by Gasteiger charge is -2.09. The molecular formula is C13H21NO3S. The van der Waals surface area contributed by atoms with Crippen molar-refractivity contribution in [3.63, 3.8) is 0 Å². The summed E-state index contributed by atoms with van der Waals surface area (Å²) in [6.45, 7) is 3.99. The predicted molar refractivity (Wildman–Crippen MR) is 73.5 cm³/mol. The van der Waals surface area contributed by atoms with Crippen LogP contribution in [-0.4, -0.2) is 26.5 Å². The van der Waals surface area contributed by atoms with Gasteiger partial charge in [-0.3, -0.25) is 0 Å². The number of hydrogen-bond acceptors (Lipinski definition) is 4. The Labute approximate surface area is 109 Å². The molecule has 1 rings (SSSR count). The molecular weight excluding hydrogens is 250 g/mol. The van der Waals surface area contributed by atoms with Gasteiger partial charge in [-0.25, -0.2) is 8.42 Å². The van der Waals surface area contributed by atoms with Crippen LogP contribution < -0.4 is 10.5 Å². The zero-order chi connectivity index (χ0) is 13.6. The topological polar surface area (TPSA) is 69.4 Å². The fraction of sp³-hybridized carbons (Fsp3) is 0.538. The van der Waals surface area contributed by atoms with Crippen LogP contribution in [0.25, 0.3) is 0 Å². The first-order valence-corrected chi connectivity index (χ1v) is 7.95. The Morgan fingerprint density at radius 2 is 1.89 bits per heavy atom. The average molecular weight is 271 g/mol. The second-order valence-electron chi connectivity index (χ2n) is 4.30. The Morgan fingerprint density at radius 1 is 1.28 bits per heavy atom. The molecule has 102 valence electrons. The van der Waals surface area contributed by atoms with Crippen LogP contribution in [0.15, 0.2) is 24.3 Å². The van der Waals surface area contributed by atoms with E-state index in [1.807, 2.05) is 31.2 Å². The van der Waals surface area contributed by atoms with Gasteiger partial charge in [-0.2, -0.15) is 0 Å². The molecule has 0 aliphatic carbocycles. The molecule has 0 aliphatic rings. The summed E-state index contributed by atoms with van der Waals surface area (Å²) in [5, 5.41) is 0. The van der Waals surface area contributed by atoms with E-state index in [2.05, 4.69) is 0 Å². The zero-order valence-electron chi connectivity index (χ0n) is 10.9. The molecule has 1 atom stereocenters. The van der Waals surface area contributed by atoms with Crippen LogP contribution in [0.3, 0.4) is 0 Å². The molecule has 0 saturated heterocycles. The van der Waals surface area contributed by atoms with Gasteiger partial charge in [0.05, 0.1) is 12.4 Å². The van der Waals surface area contributed by atoms with Gasteiger partial charge in [0.2, 0.25) is 0 Å². The van der Waals surface area contributed by atoms with Crippen LogP contribution in [0, 0.1) is 0 Å². The highest BCUT2D eigenvalue weighted by Crippen LogP contribution is 2.16. The van der Waals surface area contributed by atoms with Crippen molar-refractivity contribution in [2.24, 2.45) is 5.73 Å². The molecule has 0 radical (unpaired) electrons. The lowest BCUT2D eigenvalue weighted by atomic mass is 10.1. The quantitative estimate of drug-likeness (QED) is 0.769. The van der Waals surface area contributed by atoms with Crippen molar-refractivity contribution in [2.75, 3.05) is 18.1 Å². The third-order valence-corrected chi connectivity index (χ3v) is 4.50. The first kappa shape index (κ1) is 15.0. The van der Waals surface area contributed by atoms with Gasteiger partial charge in [0.25, 0.3) is 0 Å². The Morgan fingerprint density at radius 3 is 2.39 bits per heavy atom. The summed E-state index contributed by atoms with van der Waals surface area (Å²) < 4.78 is 28.0. The van der Waals surface area contributed by atoms with Crippen molar-refractivity contribution < 1.29 is 13.2 Å². The Bertz CT molecular complexity index is 452.